The third-order valence-electron chi connectivity index (χ3n) is 3.25. The molecule has 18 heavy (non-hydrogen) atoms. The van der Waals surface area contributed by atoms with Crippen LogP contribution >= 0.6 is 0 Å². The van der Waals surface area contributed by atoms with Crippen molar-refractivity contribution in [1.29, 1.82) is 0 Å². The van der Waals surface area contributed by atoms with Gasteiger partial charge in [-0.25, -0.2) is 4.79 Å². The van der Waals surface area contributed by atoms with Crippen LogP contribution in [0.5, 0.6) is 0 Å². The van der Waals surface area contributed by atoms with Crippen LogP contribution in [0.15, 0.2) is 24.3 Å². The van der Waals surface area contributed by atoms with Crippen molar-refractivity contribution in [2.75, 3.05) is 6.54 Å². The first-order chi connectivity index (χ1) is 8.56. The SMILES string of the molecule is CC(C)CN(Cc1ccc(C(=O)O)cc1)C1CC1. The minimum atomic E-state index is -0.859. The standard InChI is InChI=1S/C15H21NO2/c1-11(2)9-16(14-7-8-14)10-12-3-5-13(6-4-12)15(17)18/h3-6,11,14H,7-10H2,1-2H3,(H,17,18). The molecule has 3 nitrogen and oxygen atoms in total. The van der Waals surface area contributed by atoms with Gasteiger partial charge in [0.05, 0.1) is 5.56 Å². The maximum absolute atomic E-state index is 10.8. The van der Waals surface area contributed by atoms with Crippen molar-refractivity contribution >= 4 is 5.97 Å². The topological polar surface area (TPSA) is 40.5 Å². The lowest BCUT2D eigenvalue weighted by Crippen LogP contribution is -2.29. The average molecular weight is 247 g/mol. The van der Waals surface area contributed by atoms with Crippen molar-refractivity contribution in [2.24, 2.45) is 5.92 Å². The van der Waals surface area contributed by atoms with E-state index >= 15 is 0 Å². The van der Waals surface area contributed by atoms with E-state index < -0.39 is 5.97 Å². The first kappa shape index (κ1) is 13.1. The summed E-state index contributed by atoms with van der Waals surface area (Å²) in [6.45, 7) is 6.53. The maximum Gasteiger partial charge on any atom is 0.335 e. The van der Waals surface area contributed by atoms with Gasteiger partial charge in [-0.15, -0.1) is 0 Å². The number of carboxylic acids is 1. The summed E-state index contributed by atoms with van der Waals surface area (Å²) in [7, 11) is 0. The van der Waals surface area contributed by atoms with Crippen LogP contribution in [0.25, 0.3) is 0 Å². The van der Waals surface area contributed by atoms with Crippen LogP contribution in [0.2, 0.25) is 0 Å². The molecule has 0 saturated heterocycles. The van der Waals surface area contributed by atoms with Gasteiger partial charge in [-0.1, -0.05) is 26.0 Å². The molecule has 1 aromatic carbocycles. The first-order valence-corrected chi connectivity index (χ1v) is 6.62. The van der Waals surface area contributed by atoms with Crippen molar-refractivity contribution in [2.45, 2.75) is 39.3 Å². The van der Waals surface area contributed by atoms with Crippen LogP contribution in [0.3, 0.4) is 0 Å². The molecular formula is C15H21NO2. The molecule has 1 aromatic rings. The molecule has 0 aliphatic heterocycles. The fraction of sp³-hybridized carbons (Fsp3) is 0.533. The highest BCUT2D eigenvalue weighted by molar-refractivity contribution is 5.87. The number of nitrogens with zero attached hydrogens (tertiary/aromatic N) is 1. The quantitative estimate of drug-likeness (QED) is 0.840. The lowest BCUT2D eigenvalue weighted by Gasteiger charge is -2.24. The highest BCUT2D eigenvalue weighted by Crippen LogP contribution is 2.29. The molecule has 0 unspecified atom stereocenters. The number of carbonyl (C=O) groups is 1. The number of benzene rings is 1. The van der Waals surface area contributed by atoms with Gasteiger partial charge in [-0.2, -0.15) is 0 Å². The zero-order valence-corrected chi connectivity index (χ0v) is 11.1. The number of hydrogen-bond acceptors (Lipinski definition) is 2. The van der Waals surface area contributed by atoms with Crippen LogP contribution in [-0.2, 0) is 6.54 Å². The van der Waals surface area contributed by atoms with Gasteiger partial charge in [-0.3, -0.25) is 4.90 Å². The van der Waals surface area contributed by atoms with Crippen LogP contribution in [0.4, 0.5) is 0 Å². The summed E-state index contributed by atoms with van der Waals surface area (Å²) in [4.78, 5) is 13.3. The van der Waals surface area contributed by atoms with Gasteiger partial charge in [-0.05, 0) is 36.5 Å². The Balaban J connectivity index is 1.99. The third-order valence-corrected chi connectivity index (χ3v) is 3.25. The van der Waals surface area contributed by atoms with Crippen LogP contribution in [-0.4, -0.2) is 28.6 Å². The summed E-state index contributed by atoms with van der Waals surface area (Å²) in [5.74, 6) is -0.188. The van der Waals surface area contributed by atoms with Crippen molar-refractivity contribution in [1.82, 2.24) is 4.90 Å². The largest absolute Gasteiger partial charge is 0.478 e. The van der Waals surface area contributed by atoms with Gasteiger partial charge in [0.1, 0.15) is 0 Å². The third kappa shape index (κ3) is 3.57. The molecule has 2 rings (SSSR count). The molecule has 1 fully saturated rings. The number of aromatic carboxylic acids is 1. The second-order valence-corrected chi connectivity index (χ2v) is 5.56. The molecule has 0 atom stereocenters. The van der Waals surface area contributed by atoms with Gasteiger partial charge >= 0.3 is 5.97 Å². The molecule has 0 heterocycles. The summed E-state index contributed by atoms with van der Waals surface area (Å²) in [5.41, 5.74) is 1.56. The van der Waals surface area contributed by atoms with Crippen molar-refractivity contribution < 1.29 is 9.90 Å². The summed E-state index contributed by atoms with van der Waals surface area (Å²) < 4.78 is 0. The minimum Gasteiger partial charge on any atom is -0.478 e. The van der Waals surface area contributed by atoms with E-state index in [1.165, 1.54) is 18.4 Å². The maximum atomic E-state index is 10.8. The molecule has 3 heteroatoms. The number of carboxylic acid groups (broad SMARTS) is 1. The molecule has 0 bridgehead atoms. The smallest absolute Gasteiger partial charge is 0.335 e. The van der Waals surface area contributed by atoms with Crippen LogP contribution in [0, 0.1) is 5.92 Å². The molecule has 1 aliphatic rings. The van der Waals surface area contributed by atoms with Crippen molar-refractivity contribution in [3.05, 3.63) is 35.4 Å². The van der Waals surface area contributed by atoms with E-state index in [1.807, 2.05) is 12.1 Å². The van der Waals surface area contributed by atoms with E-state index in [1.54, 1.807) is 12.1 Å². The Kier molecular flexibility index (Phi) is 4.02. The molecule has 0 aromatic heterocycles. The Labute approximate surface area is 108 Å². The Morgan fingerprint density at radius 2 is 1.94 bits per heavy atom. The first-order valence-electron chi connectivity index (χ1n) is 6.62. The lowest BCUT2D eigenvalue weighted by molar-refractivity contribution is 0.0697. The number of rotatable bonds is 6. The second kappa shape index (κ2) is 5.53. The summed E-state index contributed by atoms with van der Waals surface area (Å²) in [6, 6.07) is 7.99. The Hall–Kier alpha value is -1.35. The molecule has 0 spiro atoms. The van der Waals surface area contributed by atoms with Crippen molar-refractivity contribution in [3.63, 3.8) is 0 Å². The predicted octanol–water partition coefficient (Wildman–Crippen LogP) is 3.01. The molecule has 1 N–H and O–H groups in total. The molecule has 1 aliphatic carbocycles. The van der Waals surface area contributed by atoms with Crippen LogP contribution < -0.4 is 0 Å². The summed E-state index contributed by atoms with van der Waals surface area (Å²) in [5, 5.41) is 8.86. The van der Waals surface area contributed by atoms with E-state index in [0.29, 0.717) is 11.5 Å². The van der Waals surface area contributed by atoms with Crippen LogP contribution in [0.1, 0.15) is 42.6 Å². The number of hydrogen-bond donors (Lipinski definition) is 1. The lowest BCUT2D eigenvalue weighted by atomic mass is 10.1. The van der Waals surface area contributed by atoms with E-state index in [4.69, 9.17) is 5.11 Å². The van der Waals surface area contributed by atoms with E-state index in [9.17, 15) is 4.79 Å². The van der Waals surface area contributed by atoms with Gasteiger partial charge < -0.3 is 5.11 Å². The zero-order valence-electron chi connectivity index (χ0n) is 11.1. The fourth-order valence-electron chi connectivity index (χ4n) is 2.24. The monoisotopic (exact) mass is 247 g/mol. The summed E-state index contributed by atoms with van der Waals surface area (Å²) in [6.07, 6.45) is 2.61. The van der Waals surface area contributed by atoms with Crippen molar-refractivity contribution in [3.8, 4) is 0 Å². The molecular weight excluding hydrogens is 226 g/mol. The van der Waals surface area contributed by atoms with E-state index in [-0.39, 0.29) is 0 Å². The minimum absolute atomic E-state index is 0.362. The fourth-order valence-corrected chi connectivity index (χ4v) is 2.24. The van der Waals surface area contributed by atoms with E-state index in [0.717, 1.165) is 19.1 Å². The Bertz CT molecular complexity index is 407. The zero-order chi connectivity index (χ0) is 13.1. The summed E-state index contributed by atoms with van der Waals surface area (Å²) >= 11 is 0. The second-order valence-electron chi connectivity index (χ2n) is 5.56. The molecule has 98 valence electrons. The molecule has 0 amide bonds. The van der Waals surface area contributed by atoms with Gasteiger partial charge in [0.15, 0.2) is 0 Å². The van der Waals surface area contributed by atoms with E-state index in [2.05, 4.69) is 18.7 Å². The highest BCUT2D eigenvalue weighted by Gasteiger charge is 2.29. The molecule has 1 saturated carbocycles. The normalized spacial score (nSPS) is 15.3. The van der Waals surface area contributed by atoms with Gasteiger partial charge in [0, 0.05) is 19.1 Å². The predicted molar refractivity (Wildman–Crippen MR) is 71.7 cm³/mol. The average Bonchev–Trinajstić information content (AvgIpc) is 3.12. The Morgan fingerprint density at radius 3 is 2.39 bits per heavy atom. The van der Waals surface area contributed by atoms with Gasteiger partial charge in [0.2, 0.25) is 0 Å². The van der Waals surface area contributed by atoms with Gasteiger partial charge in [0.25, 0.3) is 0 Å². The molecule has 0 radical (unpaired) electrons. The Morgan fingerprint density at radius 1 is 1.33 bits per heavy atom. The highest BCUT2D eigenvalue weighted by atomic mass is 16.4.